The molecule has 0 saturated carbocycles. The predicted molar refractivity (Wildman–Crippen MR) is 142 cm³/mol. The van der Waals surface area contributed by atoms with Crippen LogP contribution in [0.5, 0.6) is 0 Å². The number of carbonyl (C=O) groups excluding carboxylic acids is 2. The van der Waals surface area contributed by atoms with E-state index in [1.54, 1.807) is 20.8 Å². The summed E-state index contributed by atoms with van der Waals surface area (Å²) in [6, 6.07) is 17.9. The Morgan fingerprint density at radius 1 is 1.06 bits per heavy atom. The van der Waals surface area contributed by atoms with Crippen LogP contribution in [0.3, 0.4) is 0 Å². The van der Waals surface area contributed by atoms with Crippen LogP contribution in [0.1, 0.15) is 31.9 Å². The molecule has 0 aromatic heterocycles. The van der Waals surface area contributed by atoms with Crippen LogP contribution < -0.4 is 5.32 Å². The van der Waals surface area contributed by atoms with E-state index in [1.165, 1.54) is 11.8 Å². The van der Waals surface area contributed by atoms with Crippen molar-refractivity contribution < 1.29 is 22.7 Å². The SMILES string of the molecule is CC(C)(C)OC(=O)N[C@H](Cc1ccccc1)C(=O)N=C1S[C@@H]2CS(=O)(=O)C[C@H]2N1Cc1ccccc1. The zero-order chi connectivity index (χ0) is 25.9. The third-order valence-corrected chi connectivity index (χ3v) is 9.10. The molecule has 192 valence electrons. The Hall–Kier alpha value is -2.85. The Bertz CT molecular complexity index is 1230. The van der Waals surface area contributed by atoms with Crippen LogP contribution in [0.25, 0.3) is 0 Å². The maximum atomic E-state index is 13.4. The molecular weight excluding hydrogens is 498 g/mol. The molecule has 2 aliphatic rings. The van der Waals surface area contributed by atoms with Gasteiger partial charge in [-0.3, -0.25) is 4.79 Å². The number of amidine groups is 1. The number of rotatable bonds is 6. The number of benzene rings is 2. The molecule has 36 heavy (non-hydrogen) atoms. The topological polar surface area (TPSA) is 105 Å². The molecule has 2 heterocycles. The van der Waals surface area contributed by atoms with Crippen LogP contribution in [-0.4, -0.2) is 64.9 Å². The lowest BCUT2D eigenvalue weighted by Crippen LogP contribution is -2.45. The fourth-order valence-corrected chi connectivity index (χ4v) is 8.23. The molecule has 0 unspecified atom stereocenters. The number of alkyl carbamates (subject to hydrolysis) is 1. The normalized spacial score (nSPS) is 22.8. The number of sulfone groups is 1. The molecule has 1 N–H and O–H groups in total. The highest BCUT2D eigenvalue weighted by Crippen LogP contribution is 2.39. The lowest BCUT2D eigenvalue weighted by atomic mass is 10.1. The predicted octanol–water partition coefficient (Wildman–Crippen LogP) is 3.42. The van der Waals surface area contributed by atoms with Gasteiger partial charge in [0.2, 0.25) is 0 Å². The van der Waals surface area contributed by atoms with E-state index in [1.807, 2.05) is 65.6 Å². The van der Waals surface area contributed by atoms with Gasteiger partial charge in [-0.2, -0.15) is 4.99 Å². The fraction of sp³-hybridized carbons (Fsp3) is 0.423. The Labute approximate surface area is 216 Å². The number of aliphatic imine (C=N–C) groups is 1. The second-order valence-corrected chi connectivity index (χ2v) is 13.4. The number of carbonyl (C=O) groups is 2. The van der Waals surface area contributed by atoms with Gasteiger partial charge in [0, 0.05) is 18.2 Å². The van der Waals surface area contributed by atoms with E-state index in [2.05, 4.69) is 10.3 Å². The Balaban J connectivity index is 1.59. The summed E-state index contributed by atoms with van der Waals surface area (Å²) < 4.78 is 30.0. The van der Waals surface area contributed by atoms with E-state index in [4.69, 9.17) is 4.74 Å². The van der Waals surface area contributed by atoms with Gasteiger partial charge in [0.25, 0.3) is 5.91 Å². The van der Waals surface area contributed by atoms with Crippen LogP contribution in [0.15, 0.2) is 65.7 Å². The molecule has 2 aromatic rings. The molecule has 2 saturated heterocycles. The number of thioether (sulfide) groups is 1. The van der Waals surface area contributed by atoms with Gasteiger partial charge in [-0.25, -0.2) is 13.2 Å². The second-order valence-electron chi connectivity index (χ2n) is 10.0. The largest absolute Gasteiger partial charge is 0.444 e. The van der Waals surface area contributed by atoms with Crippen molar-refractivity contribution in [3.8, 4) is 0 Å². The van der Waals surface area contributed by atoms with Gasteiger partial charge >= 0.3 is 6.09 Å². The third-order valence-electron chi connectivity index (χ3n) is 5.85. The first-order chi connectivity index (χ1) is 17.0. The summed E-state index contributed by atoms with van der Waals surface area (Å²) in [5.41, 5.74) is 1.15. The molecule has 0 aliphatic carbocycles. The molecule has 0 radical (unpaired) electrons. The van der Waals surface area contributed by atoms with Gasteiger partial charge < -0.3 is 15.0 Å². The van der Waals surface area contributed by atoms with Crippen LogP contribution in [-0.2, 0) is 32.3 Å². The lowest BCUT2D eigenvalue weighted by molar-refractivity contribution is -0.119. The average molecular weight is 530 g/mol. The molecule has 0 bridgehead atoms. The molecule has 4 rings (SSSR count). The van der Waals surface area contributed by atoms with Crippen LogP contribution >= 0.6 is 11.8 Å². The summed E-state index contributed by atoms with van der Waals surface area (Å²) in [5, 5.41) is 2.98. The van der Waals surface area contributed by atoms with Crippen molar-refractivity contribution >= 4 is 38.8 Å². The van der Waals surface area contributed by atoms with Gasteiger partial charge in [0.15, 0.2) is 15.0 Å². The molecule has 2 aliphatic heterocycles. The minimum absolute atomic E-state index is 0.0360. The minimum atomic E-state index is -3.15. The van der Waals surface area contributed by atoms with Gasteiger partial charge in [-0.15, -0.1) is 0 Å². The van der Waals surface area contributed by atoms with Crippen molar-refractivity contribution in [1.29, 1.82) is 0 Å². The zero-order valence-electron chi connectivity index (χ0n) is 20.6. The molecule has 8 nitrogen and oxygen atoms in total. The summed E-state index contributed by atoms with van der Waals surface area (Å²) in [4.78, 5) is 32.3. The third kappa shape index (κ3) is 6.88. The van der Waals surface area contributed by atoms with E-state index >= 15 is 0 Å². The average Bonchev–Trinajstić information content (AvgIpc) is 3.25. The van der Waals surface area contributed by atoms with Crippen LogP contribution in [0.4, 0.5) is 4.79 Å². The Kier molecular flexibility index (Phi) is 7.75. The molecule has 3 atom stereocenters. The minimum Gasteiger partial charge on any atom is -0.444 e. The molecule has 2 aromatic carbocycles. The number of nitrogens with one attached hydrogen (secondary N) is 1. The van der Waals surface area contributed by atoms with Crippen LogP contribution in [0.2, 0.25) is 0 Å². The van der Waals surface area contributed by atoms with Gasteiger partial charge in [-0.1, -0.05) is 72.4 Å². The van der Waals surface area contributed by atoms with Crippen LogP contribution in [0, 0.1) is 0 Å². The van der Waals surface area contributed by atoms with Crippen molar-refractivity contribution in [2.75, 3.05) is 11.5 Å². The highest BCUT2D eigenvalue weighted by atomic mass is 32.2. The molecule has 10 heteroatoms. The number of ether oxygens (including phenoxy) is 1. The summed E-state index contributed by atoms with van der Waals surface area (Å²) in [7, 11) is -3.15. The Morgan fingerprint density at radius 2 is 1.67 bits per heavy atom. The first-order valence-electron chi connectivity index (χ1n) is 11.8. The molecule has 2 fully saturated rings. The Morgan fingerprint density at radius 3 is 2.28 bits per heavy atom. The van der Waals surface area contributed by atoms with E-state index in [9.17, 15) is 18.0 Å². The van der Waals surface area contributed by atoms with Gasteiger partial charge in [0.05, 0.1) is 17.5 Å². The number of nitrogens with zero attached hydrogens (tertiary/aromatic N) is 2. The van der Waals surface area contributed by atoms with E-state index < -0.39 is 33.5 Å². The maximum Gasteiger partial charge on any atom is 0.408 e. The highest BCUT2D eigenvalue weighted by Gasteiger charge is 2.48. The number of hydrogen-bond donors (Lipinski definition) is 1. The number of fused-ring (bicyclic) bond motifs is 1. The quantitative estimate of drug-likeness (QED) is 0.611. The zero-order valence-corrected chi connectivity index (χ0v) is 22.2. The first kappa shape index (κ1) is 26.2. The molecule has 2 amide bonds. The van der Waals surface area contributed by atoms with Gasteiger partial charge in [-0.05, 0) is 31.9 Å². The second kappa shape index (κ2) is 10.6. The fourth-order valence-electron chi connectivity index (χ4n) is 4.27. The van der Waals surface area contributed by atoms with Crippen molar-refractivity contribution in [3.05, 3.63) is 71.8 Å². The smallest absolute Gasteiger partial charge is 0.408 e. The summed E-state index contributed by atoms with van der Waals surface area (Å²) >= 11 is 1.32. The summed E-state index contributed by atoms with van der Waals surface area (Å²) in [5.74, 6) is -0.410. The van der Waals surface area contributed by atoms with Crippen molar-refractivity contribution in [1.82, 2.24) is 10.2 Å². The molecular formula is C26H31N3O5S2. The lowest BCUT2D eigenvalue weighted by Gasteiger charge is -2.25. The van der Waals surface area contributed by atoms with Crippen molar-refractivity contribution in [2.24, 2.45) is 4.99 Å². The van der Waals surface area contributed by atoms with E-state index in [0.29, 0.717) is 11.7 Å². The summed E-state index contributed by atoms with van der Waals surface area (Å²) in [6.07, 6.45) is -0.444. The van der Waals surface area contributed by atoms with E-state index in [0.717, 1.165) is 11.1 Å². The maximum absolute atomic E-state index is 13.4. The van der Waals surface area contributed by atoms with Crippen molar-refractivity contribution in [2.45, 2.75) is 56.7 Å². The van der Waals surface area contributed by atoms with E-state index in [-0.39, 0.29) is 29.2 Å². The monoisotopic (exact) mass is 529 g/mol. The number of amides is 2. The van der Waals surface area contributed by atoms with Gasteiger partial charge in [0.1, 0.15) is 11.6 Å². The summed E-state index contributed by atoms with van der Waals surface area (Å²) in [6.45, 7) is 5.71. The number of hydrogen-bond acceptors (Lipinski definition) is 6. The highest BCUT2D eigenvalue weighted by molar-refractivity contribution is 8.15. The molecule has 0 spiro atoms. The first-order valence-corrected chi connectivity index (χ1v) is 14.5. The standard InChI is InChI=1S/C26H31N3O5S2/c1-26(2,3)34-25(31)27-20(14-18-10-6-4-7-11-18)23(30)28-24-29(15-19-12-8-5-9-13-19)21-16-36(32,33)17-22(21)35-24/h4-13,20-22H,14-17H2,1-3H3,(H,27,31)/t20-,21-,22-/m1/s1. The van der Waals surface area contributed by atoms with Crippen molar-refractivity contribution in [3.63, 3.8) is 0 Å².